The van der Waals surface area contributed by atoms with Crippen molar-refractivity contribution in [1.82, 2.24) is 5.32 Å². The van der Waals surface area contributed by atoms with E-state index in [9.17, 15) is 13.2 Å². The smallest absolute Gasteiger partial charge is 0.241 e. The lowest BCUT2D eigenvalue weighted by Crippen LogP contribution is -2.41. The quantitative estimate of drug-likeness (QED) is 0.631. The summed E-state index contributed by atoms with van der Waals surface area (Å²) in [4.78, 5) is 12.8. The Morgan fingerprint density at radius 3 is 2.29 bits per heavy atom. The number of hydrogen-bond donors (Lipinski definition) is 1. The molecule has 0 saturated carbocycles. The van der Waals surface area contributed by atoms with Crippen LogP contribution < -0.4 is 19.1 Å². The minimum atomic E-state index is -3.67. The Morgan fingerprint density at radius 2 is 1.74 bits per heavy atom. The first-order valence-corrected chi connectivity index (χ1v) is 11.9. The molecule has 7 nitrogen and oxygen atoms in total. The number of sulfonamides is 1. The lowest BCUT2D eigenvalue weighted by atomic mass is 9.93. The molecule has 0 heterocycles. The first kappa shape index (κ1) is 24.5. The molecule has 1 N–H and O–H groups in total. The molecule has 0 aliphatic rings. The first-order chi connectivity index (χ1) is 14.5. The standard InChI is InChI=1S/C23H32N2O5S/c1-15(2)20-13-21(16(3)11-22(20)30-6)17(4)24-23(26)14-25(31(7,27)28)18-9-8-10-19(12-18)29-5/h8-13,15,17H,14H2,1-7H3,(H,24,26)/t17-/m1/s1. The van der Waals surface area contributed by atoms with Crippen molar-refractivity contribution in [2.75, 3.05) is 31.3 Å². The predicted octanol–water partition coefficient (Wildman–Crippen LogP) is 3.78. The number of carbonyl (C=O) groups is 1. The minimum absolute atomic E-state index is 0.256. The van der Waals surface area contributed by atoms with Gasteiger partial charge >= 0.3 is 0 Å². The van der Waals surface area contributed by atoms with Crippen LogP contribution in [0.25, 0.3) is 0 Å². The maximum Gasteiger partial charge on any atom is 0.241 e. The summed E-state index contributed by atoms with van der Waals surface area (Å²) < 4.78 is 36.4. The van der Waals surface area contributed by atoms with Crippen LogP contribution in [0.5, 0.6) is 11.5 Å². The second-order valence-electron chi connectivity index (χ2n) is 7.87. The summed E-state index contributed by atoms with van der Waals surface area (Å²) in [6, 6.07) is 10.3. The molecule has 0 unspecified atom stereocenters. The number of anilines is 1. The zero-order valence-electron chi connectivity index (χ0n) is 19.2. The highest BCUT2D eigenvalue weighted by atomic mass is 32.2. The van der Waals surface area contributed by atoms with Crippen LogP contribution in [-0.4, -0.2) is 41.3 Å². The zero-order valence-corrected chi connectivity index (χ0v) is 20.0. The fraction of sp³-hybridized carbons (Fsp3) is 0.435. The van der Waals surface area contributed by atoms with Gasteiger partial charge in [-0.15, -0.1) is 0 Å². The van der Waals surface area contributed by atoms with Crippen LogP contribution in [-0.2, 0) is 14.8 Å². The van der Waals surface area contributed by atoms with Crippen molar-refractivity contribution in [2.24, 2.45) is 0 Å². The molecule has 0 spiro atoms. The molecule has 0 aliphatic carbocycles. The number of nitrogens with one attached hydrogen (secondary N) is 1. The number of nitrogens with zero attached hydrogens (tertiary/aromatic N) is 1. The van der Waals surface area contributed by atoms with Crippen LogP contribution >= 0.6 is 0 Å². The molecule has 0 radical (unpaired) electrons. The van der Waals surface area contributed by atoms with Gasteiger partial charge < -0.3 is 14.8 Å². The summed E-state index contributed by atoms with van der Waals surface area (Å²) in [5, 5.41) is 2.92. The highest BCUT2D eigenvalue weighted by Gasteiger charge is 2.23. The Bertz CT molecular complexity index is 1030. The van der Waals surface area contributed by atoms with Crippen molar-refractivity contribution < 1.29 is 22.7 Å². The predicted molar refractivity (Wildman–Crippen MR) is 124 cm³/mol. The van der Waals surface area contributed by atoms with E-state index in [1.807, 2.05) is 26.0 Å². The van der Waals surface area contributed by atoms with Crippen molar-refractivity contribution in [1.29, 1.82) is 0 Å². The van der Waals surface area contributed by atoms with Crippen molar-refractivity contribution >= 4 is 21.6 Å². The number of methoxy groups -OCH3 is 2. The van der Waals surface area contributed by atoms with Crippen LogP contribution in [0.15, 0.2) is 36.4 Å². The third-order valence-electron chi connectivity index (χ3n) is 5.11. The molecule has 1 atom stereocenters. The highest BCUT2D eigenvalue weighted by Crippen LogP contribution is 2.32. The number of amides is 1. The minimum Gasteiger partial charge on any atom is -0.497 e. The van der Waals surface area contributed by atoms with E-state index in [1.54, 1.807) is 31.4 Å². The van der Waals surface area contributed by atoms with Gasteiger partial charge in [0.15, 0.2) is 0 Å². The molecule has 2 aromatic rings. The van der Waals surface area contributed by atoms with Crippen LogP contribution in [0, 0.1) is 6.92 Å². The van der Waals surface area contributed by atoms with E-state index in [0.717, 1.165) is 33.0 Å². The van der Waals surface area contributed by atoms with Gasteiger partial charge in [0.2, 0.25) is 15.9 Å². The molecular weight excluding hydrogens is 416 g/mol. The maximum atomic E-state index is 12.8. The molecule has 0 aromatic heterocycles. The number of carbonyl (C=O) groups excluding carboxylic acids is 1. The first-order valence-electron chi connectivity index (χ1n) is 10.1. The average molecular weight is 449 g/mol. The molecule has 0 fully saturated rings. The Hall–Kier alpha value is -2.74. The topological polar surface area (TPSA) is 84.9 Å². The molecule has 2 aromatic carbocycles. The van der Waals surface area contributed by atoms with Gasteiger partial charge in [-0.2, -0.15) is 0 Å². The van der Waals surface area contributed by atoms with Gasteiger partial charge in [0.1, 0.15) is 18.0 Å². The molecule has 0 saturated heterocycles. The van der Waals surface area contributed by atoms with Crippen LogP contribution in [0.4, 0.5) is 5.69 Å². The van der Waals surface area contributed by atoms with Crippen LogP contribution in [0.3, 0.4) is 0 Å². The summed E-state index contributed by atoms with van der Waals surface area (Å²) in [5.41, 5.74) is 3.37. The molecule has 170 valence electrons. The number of hydrogen-bond acceptors (Lipinski definition) is 5. The number of benzene rings is 2. The summed E-state index contributed by atoms with van der Waals surface area (Å²) in [7, 11) is -0.530. The molecule has 8 heteroatoms. The van der Waals surface area contributed by atoms with E-state index < -0.39 is 15.9 Å². The largest absolute Gasteiger partial charge is 0.497 e. The summed E-state index contributed by atoms with van der Waals surface area (Å²) >= 11 is 0. The molecule has 31 heavy (non-hydrogen) atoms. The summed E-state index contributed by atoms with van der Waals surface area (Å²) in [5.74, 6) is 1.18. The van der Waals surface area contributed by atoms with Crippen LogP contribution in [0.1, 0.15) is 49.4 Å². The Morgan fingerprint density at radius 1 is 1.06 bits per heavy atom. The lowest BCUT2D eigenvalue weighted by molar-refractivity contribution is -0.120. The van der Waals surface area contributed by atoms with E-state index in [-0.39, 0.29) is 18.5 Å². The van der Waals surface area contributed by atoms with E-state index in [4.69, 9.17) is 9.47 Å². The van der Waals surface area contributed by atoms with Gasteiger partial charge in [0.25, 0.3) is 0 Å². The molecule has 0 aliphatic heterocycles. The van der Waals surface area contributed by atoms with Gasteiger partial charge in [-0.1, -0.05) is 19.9 Å². The van der Waals surface area contributed by atoms with Crippen molar-refractivity contribution in [3.63, 3.8) is 0 Å². The van der Waals surface area contributed by atoms with Gasteiger partial charge in [-0.25, -0.2) is 8.42 Å². The maximum absolute atomic E-state index is 12.8. The van der Waals surface area contributed by atoms with E-state index in [0.29, 0.717) is 11.4 Å². The van der Waals surface area contributed by atoms with E-state index in [1.165, 1.54) is 7.11 Å². The lowest BCUT2D eigenvalue weighted by Gasteiger charge is -2.25. The molecule has 2 rings (SSSR count). The summed E-state index contributed by atoms with van der Waals surface area (Å²) in [6.45, 7) is 7.68. The van der Waals surface area contributed by atoms with E-state index in [2.05, 4.69) is 19.2 Å². The van der Waals surface area contributed by atoms with Gasteiger partial charge in [0, 0.05) is 6.07 Å². The SMILES string of the molecule is COc1cccc(N(CC(=O)N[C@H](C)c2cc(C(C)C)c(OC)cc2C)S(C)(=O)=O)c1. The molecular formula is C23H32N2O5S. The third-order valence-corrected chi connectivity index (χ3v) is 6.25. The van der Waals surface area contributed by atoms with Crippen LogP contribution in [0.2, 0.25) is 0 Å². The molecule has 1 amide bonds. The molecule has 0 bridgehead atoms. The highest BCUT2D eigenvalue weighted by molar-refractivity contribution is 7.92. The van der Waals surface area contributed by atoms with Gasteiger partial charge in [0.05, 0.1) is 32.2 Å². The van der Waals surface area contributed by atoms with Crippen molar-refractivity contribution in [3.8, 4) is 11.5 Å². The third kappa shape index (κ3) is 6.13. The number of aryl methyl sites for hydroxylation is 1. The number of rotatable bonds is 9. The second-order valence-corrected chi connectivity index (χ2v) is 9.77. The Balaban J connectivity index is 2.26. The zero-order chi connectivity index (χ0) is 23.3. The van der Waals surface area contributed by atoms with E-state index >= 15 is 0 Å². The number of ether oxygens (including phenoxy) is 2. The normalized spacial score (nSPS) is 12.4. The fourth-order valence-electron chi connectivity index (χ4n) is 3.47. The average Bonchev–Trinajstić information content (AvgIpc) is 2.70. The van der Waals surface area contributed by atoms with Crippen molar-refractivity contribution in [3.05, 3.63) is 53.1 Å². The van der Waals surface area contributed by atoms with Gasteiger partial charge in [-0.3, -0.25) is 9.10 Å². The monoisotopic (exact) mass is 448 g/mol. The van der Waals surface area contributed by atoms with Crippen molar-refractivity contribution in [2.45, 2.75) is 39.7 Å². The fourth-order valence-corrected chi connectivity index (χ4v) is 4.32. The Kier molecular flexibility index (Phi) is 7.95. The second kappa shape index (κ2) is 10.0. The van der Waals surface area contributed by atoms with Gasteiger partial charge in [-0.05, 0) is 60.7 Å². The Labute approximate surface area is 185 Å². The summed E-state index contributed by atoms with van der Waals surface area (Å²) in [6.07, 6.45) is 1.08.